The van der Waals surface area contributed by atoms with Crippen molar-refractivity contribution in [1.82, 2.24) is 15.1 Å². The SMILES string of the molecule is Cc1ccc(C(=O)NCC(=O)Nc2ccnn2C[C@H]2CCOC2)cc1C. The molecular formula is C19H24N4O3. The van der Waals surface area contributed by atoms with Crippen LogP contribution in [0.1, 0.15) is 27.9 Å². The summed E-state index contributed by atoms with van der Waals surface area (Å²) in [5.41, 5.74) is 2.72. The van der Waals surface area contributed by atoms with E-state index in [1.165, 1.54) is 0 Å². The lowest BCUT2D eigenvalue weighted by atomic mass is 10.1. The number of hydrogen-bond donors (Lipinski definition) is 2. The second-order valence-electron chi connectivity index (χ2n) is 6.66. The number of benzene rings is 1. The Bertz CT molecular complexity index is 794. The minimum atomic E-state index is -0.286. The van der Waals surface area contributed by atoms with Crippen LogP contribution in [0.5, 0.6) is 0 Å². The Morgan fingerprint density at radius 3 is 2.85 bits per heavy atom. The fourth-order valence-corrected chi connectivity index (χ4v) is 2.89. The molecule has 2 N–H and O–H groups in total. The van der Waals surface area contributed by atoms with Crippen LogP contribution in [0.3, 0.4) is 0 Å². The number of carbonyl (C=O) groups excluding carboxylic acids is 2. The Kier molecular flexibility index (Phi) is 5.68. The molecule has 7 heteroatoms. The molecule has 1 fully saturated rings. The highest BCUT2D eigenvalue weighted by Crippen LogP contribution is 2.17. The largest absolute Gasteiger partial charge is 0.381 e. The van der Waals surface area contributed by atoms with Crippen LogP contribution in [0, 0.1) is 19.8 Å². The number of nitrogens with zero attached hydrogens (tertiary/aromatic N) is 2. The van der Waals surface area contributed by atoms with Crippen LogP contribution >= 0.6 is 0 Å². The van der Waals surface area contributed by atoms with Crippen molar-refractivity contribution in [3.63, 3.8) is 0 Å². The highest BCUT2D eigenvalue weighted by atomic mass is 16.5. The summed E-state index contributed by atoms with van der Waals surface area (Å²) in [5, 5.41) is 9.70. The summed E-state index contributed by atoms with van der Waals surface area (Å²) >= 11 is 0. The molecule has 1 aliphatic rings. The second kappa shape index (κ2) is 8.14. The summed E-state index contributed by atoms with van der Waals surface area (Å²) in [4.78, 5) is 24.4. The molecule has 0 unspecified atom stereocenters. The summed E-state index contributed by atoms with van der Waals surface area (Å²) in [6, 6.07) is 7.23. The number of nitrogens with one attached hydrogen (secondary N) is 2. The second-order valence-corrected chi connectivity index (χ2v) is 6.66. The van der Waals surface area contributed by atoms with Gasteiger partial charge in [0.15, 0.2) is 0 Å². The smallest absolute Gasteiger partial charge is 0.251 e. The van der Waals surface area contributed by atoms with Crippen molar-refractivity contribution in [2.75, 3.05) is 25.1 Å². The summed E-state index contributed by atoms with van der Waals surface area (Å²) in [6.45, 7) is 6.05. The molecule has 1 saturated heterocycles. The minimum Gasteiger partial charge on any atom is -0.381 e. The predicted octanol–water partition coefficient (Wildman–Crippen LogP) is 1.90. The van der Waals surface area contributed by atoms with Crippen LogP contribution in [0.2, 0.25) is 0 Å². The lowest BCUT2D eigenvalue weighted by Crippen LogP contribution is -2.33. The molecule has 1 aromatic heterocycles. The van der Waals surface area contributed by atoms with Gasteiger partial charge in [0.2, 0.25) is 5.91 Å². The zero-order chi connectivity index (χ0) is 18.5. The van der Waals surface area contributed by atoms with Gasteiger partial charge in [-0.15, -0.1) is 0 Å². The molecule has 2 amide bonds. The van der Waals surface area contributed by atoms with E-state index in [4.69, 9.17) is 4.74 Å². The Hall–Kier alpha value is -2.67. The molecule has 0 saturated carbocycles. The van der Waals surface area contributed by atoms with E-state index in [2.05, 4.69) is 15.7 Å². The maximum absolute atomic E-state index is 12.2. The van der Waals surface area contributed by atoms with Crippen LogP contribution in [-0.2, 0) is 16.1 Å². The summed E-state index contributed by atoms with van der Waals surface area (Å²) < 4.78 is 7.14. The van der Waals surface area contributed by atoms with Crippen molar-refractivity contribution in [2.45, 2.75) is 26.8 Å². The first-order valence-corrected chi connectivity index (χ1v) is 8.78. The fourth-order valence-electron chi connectivity index (χ4n) is 2.89. The summed E-state index contributed by atoms with van der Waals surface area (Å²) in [5.74, 6) is 0.490. The van der Waals surface area contributed by atoms with Gasteiger partial charge in [-0.3, -0.25) is 9.59 Å². The van der Waals surface area contributed by atoms with Crippen molar-refractivity contribution in [3.05, 3.63) is 47.2 Å². The fraction of sp³-hybridized carbons (Fsp3) is 0.421. The van der Waals surface area contributed by atoms with Gasteiger partial charge in [0, 0.05) is 30.7 Å². The maximum atomic E-state index is 12.2. The molecule has 1 atom stereocenters. The van der Waals surface area contributed by atoms with E-state index in [0.717, 1.165) is 30.8 Å². The molecule has 0 radical (unpaired) electrons. The Morgan fingerprint density at radius 1 is 1.27 bits per heavy atom. The normalized spacial score (nSPS) is 16.5. The highest BCUT2D eigenvalue weighted by molar-refractivity contribution is 5.99. The number of aryl methyl sites for hydroxylation is 2. The monoisotopic (exact) mass is 356 g/mol. The van der Waals surface area contributed by atoms with Crippen LogP contribution in [-0.4, -0.2) is 41.4 Å². The quantitative estimate of drug-likeness (QED) is 0.828. The van der Waals surface area contributed by atoms with Crippen molar-refractivity contribution in [3.8, 4) is 0 Å². The predicted molar refractivity (Wildman–Crippen MR) is 98.0 cm³/mol. The van der Waals surface area contributed by atoms with E-state index in [1.54, 1.807) is 23.0 Å². The number of rotatable bonds is 6. The third-order valence-corrected chi connectivity index (χ3v) is 4.62. The minimum absolute atomic E-state index is 0.0938. The Morgan fingerprint density at radius 2 is 2.12 bits per heavy atom. The van der Waals surface area contributed by atoms with Crippen LogP contribution in [0.25, 0.3) is 0 Å². The Balaban J connectivity index is 1.52. The molecule has 1 aromatic carbocycles. The molecule has 0 aliphatic carbocycles. The molecule has 0 spiro atoms. The van der Waals surface area contributed by atoms with Gasteiger partial charge in [-0.25, -0.2) is 4.68 Å². The first kappa shape index (κ1) is 18.1. The molecule has 1 aliphatic heterocycles. The van der Waals surface area contributed by atoms with E-state index in [0.29, 0.717) is 23.8 Å². The van der Waals surface area contributed by atoms with Gasteiger partial charge in [0.25, 0.3) is 5.91 Å². The number of amides is 2. The van der Waals surface area contributed by atoms with Crippen LogP contribution < -0.4 is 10.6 Å². The topological polar surface area (TPSA) is 85.3 Å². The molecule has 138 valence electrons. The lowest BCUT2D eigenvalue weighted by Gasteiger charge is -2.12. The summed E-state index contributed by atoms with van der Waals surface area (Å²) in [6.07, 6.45) is 2.65. The third-order valence-electron chi connectivity index (χ3n) is 4.62. The molecule has 2 aromatic rings. The number of anilines is 1. The number of carbonyl (C=O) groups is 2. The molecule has 26 heavy (non-hydrogen) atoms. The maximum Gasteiger partial charge on any atom is 0.251 e. The van der Waals surface area contributed by atoms with Gasteiger partial charge >= 0.3 is 0 Å². The van der Waals surface area contributed by atoms with E-state index < -0.39 is 0 Å². The first-order valence-electron chi connectivity index (χ1n) is 8.78. The molecule has 0 bridgehead atoms. The molecule has 3 rings (SSSR count). The lowest BCUT2D eigenvalue weighted by molar-refractivity contribution is -0.115. The zero-order valence-electron chi connectivity index (χ0n) is 15.1. The van der Waals surface area contributed by atoms with Gasteiger partial charge in [-0.1, -0.05) is 6.07 Å². The number of aromatic nitrogens is 2. The van der Waals surface area contributed by atoms with E-state index >= 15 is 0 Å². The van der Waals surface area contributed by atoms with Gasteiger partial charge in [-0.05, 0) is 43.5 Å². The van der Waals surface area contributed by atoms with Crippen molar-refractivity contribution < 1.29 is 14.3 Å². The summed E-state index contributed by atoms with van der Waals surface area (Å²) in [7, 11) is 0. The van der Waals surface area contributed by atoms with Crippen molar-refractivity contribution in [1.29, 1.82) is 0 Å². The zero-order valence-corrected chi connectivity index (χ0v) is 15.1. The van der Waals surface area contributed by atoms with Crippen LogP contribution in [0.4, 0.5) is 5.82 Å². The van der Waals surface area contributed by atoms with E-state index in [1.807, 2.05) is 26.0 Å². The van der Waals surface area contributed by atoms with Gasteiger partial charge in [-0.2, -0.15) is 5.10 Å². The van der Waals surface area contributed by atoms with Crippen molar-refractivity contribution in [2.24, 2.45) is 5.92 Å². The Labute approximate surface area is 152 Å². The highest BCUT2D eigenvalue weighted by Gasteiger charge is 2.18. The first-order chi connectivity index (χ1) is 12.5. The van der Waals surface area contributed by atoms with Gasteiger partial charge in [0.1, 0.15) is 5.82 Å². The molecular weight excluding hydrogens is 332 g/mol. The molecule has 7 nitrogen and oxygen atoms in total. The average Bonchev–Trinajstić information content (AvgIpc) is 3.28. The number of hydrogen-bond acceptors (Lipinski definition) is 4. The van der Waals surface area contributed by atoms with Crippen molar-refractivity contribution >= 4 is 17.6 Å². The van der Waals surface area contributed by atoms with Gasteiger partial charge < -0.3 is 15.4 Å². The van der Waals surface area contributed by atoms with Gasteiger partial charge in [0.05, 0.1) is 19.3 Å². The van der Waals surface area contributed by atoms with Crippen LogP contribution in [0.15, 0.2) is 30.5 Å². The average molecular weight is 356 g/mol. The molecule has 2 heterocycles. The number of ether oxygens (including phenoxy) is 1. The third kappa shape index (κ3) is 4.49. The standard InChI is InChI=1S/C19H24N4O3/c1-13-3-4-16(9-14(13)2)19(25)20-10-18(24)22-17-5-7-21-23(17)11-15-6-8-26-12-15/h3-5,7,9,15H,6,8,10-12H2,1-2H3,(H,20,25)(H,22,24)/t15-/m1/s1. The van der Waals surface area contributed by atoms with E-state index in [-0.39, 0.29) is 18.4 Å². The van der Waals surface area contributed by atoms with E-state index in [9.17, 15) is 9.59 Å².